The molecular formula is C27H38FN3O3. The highest BCUT2D eigenvalue weighted by Crippen LogP contribution is 2.44. The van der Waals surface area contributed by atoms with E-state index in [1.807, 2.05) is 4.90 Å². The summed E-state index contributed by atoms with van der Waals surface area (Å²) >= 11 is 0. The van der Waals surface area contributed by atoms with Crippen molar-refractivity contribution < 1.29 is 19.1 Å². The lowest BCUT2D eigenvalue weighted by atomic mass is 9.78. The van der Waals surface area contributed by atoms with E-state index in [-0.39, 0.29) is 35.7 Å². The fraction of sp³-hybridized carbons (Fsp3) is 0.704. The molecule has 2 saturated carbocycles. The topological polar surface area (TPSA) is 72.9 Å². The third-order valence-corrected chi connectivity index (χ3v) is 8.76. The number of nitrogens with zero attached hydrogens (tertiary/aromatic N) is 2. The summed E-state index contributed by atoms with van der Waals surface area (Å²) in [6.07, 6.45) is 10.8. The first kappa shape index (κ1) is 23.6. The summed E-state index contributed by atoms with van der Waals surface area (Å²) in [5.41, 5.74) is 0.585. The number of piperidine rings is 1. The molecule has 2 amide bonds. The lowest BCUT2D eigenvalue weighted by Gasteiger charge is -2.41. The molecule has 34 heavy (non-hydrogen) atoms. The van der Waals surface area contributed by atoms with Crippen molar-refractivity contribution >= 4 is 23.2 Å². The predicted octanol–water partition coefficient (Wildman–Crippen LogP) is 4.47. The van der Waals surface area contributed by atoms with Crippen molar-refractivity contribution in [2.45, 2.75) is 89.2 Å². The molecule has 1 spiro atoms. The SMILES string of the molecule is O=C(Nc1ccc(N2CCC[C@]3(CCN(C4CCC(O)CC4)C3=O)C2)c(F)c1)C1CCCCC1. The van der Waals surface area contributed by atoms with Crippen molar-refractivity contribution in [1.29, 1.82) is 0 Å². The minimum absolute atomic E-state index is 0.00403. The molecule has 2 heterocycles. The first-order chi connectivity index (χ1) is 16.4. The van der Waals surface area contributed by atoms with Crippen LogP contribution in [0.5, 0.6) is 0 Å². The van der Waals surface area contributed by atoms with Crippen molar-refractivity contribution in [3.05, 3.63) is 24.0 Å². The second-order valence-electron chi connectivity index (χ2n) is 11.0. The fourth-order valence-corrected chi connectivity index (χ4v) is 6.73. The van der Waals surface area contributed by atoms with Crippen LogP contribution in [0.1, 0.15) is 77.0 Å². The summed E-state index contributed by atoms with van der Waals surface area (Å²) < 4.78 is 15.2. The molecule has 0 radical (unpaired) electrons. The Hall–Kier alpha value is -2.15. The maximum Gasteiger partial charge on any atom is 0.230 e. The van der Waals surface area contributed by atoms with Crippen LogP contribution in [0.3, 0.4) is 0 Å². The number of carbonyl (C=O) groups is 2. The molecule has 1 atom stereocenters. The van der Waals surface area contributed by atoms with Crippen LogP contribution in [-0.4, -0.2) is 53.6 Å². The quantitative estimate of drug-likeness (QED) is 0.680. The summed E-state index contributed by atoms with van der Waals surface area (Å²) in [4.78, 5) is 30.2. The first-order valence-electron chi connectivity index (χ1n) is 13.3. The average molecular weight is 472 g/mol. The van der Waals surface area contributed by atoms with Crippen molar-refractivity contribution in [2.24, 2.45) is 11.3 Å². The summed E-state index contributed by atoms with van der Waals surface area (Å²) in [5.74, 6) is -0.102. The van der Waals surface area contributed by atoms with E-state index in [0.29, 0.717) is 17.9 Å². The van der Waals surface area contributed by atoms with E-state index in [0.717, 1.165) is 83.7 Å². The smallest absolute Gasteiger partial charge is 0.230 e. The van der Waals surface area contributed by atoms with Gasteiger partial charge in [0.1, 0.15) is 5.82 Å². The highest BCUT2D eigenvalue weighted by molar-refractivity contribution is 5.92. The molecule has 4 aliphatic rings. The summed E-state index contributed by atoms with van der Waals surface area (Å²) in [6.45, 7) is 2.04. The Morgan fingerprint density at radius 3 is 2.50 bits per heavy atom. The van der Waals surface area contributed by atoms with Crippen LogP contribution in [0, 0.1) is 17.2 Å². The van der Waals surface area contributed by atoms with Gasteiger partial charge in [-0.15, -0.1) is 0 Å². The number of likely N-dealkylation sites (tertiary alicyclic amines) is 1. The zero-order chi connectivity index (χ0) is 23.7. The first-order valence-corrected chi connectivity index (χ1v) is 13.3. The zero-order valence-electron chi connectivity index (χ0n) is 20.1. The molecule has 1 aromatic carbocycles. The maximum atomic E-state index is 15.2. The second kappa shape index (κ2) is 9.84. The van der Waals surface area contributed by atoms with Crippen LogP contribution >= 0.6 is 0 Å². The number of aliphatic hydroxyl groups is 1. The van der Waals surface area contributed by atoms with Gasteiger partial charge in [0.05, 0.1) is 17.2 Å². The van der Waals surface area contributed by atoms with Gasteiger partial charge >= 0.3 is 0 Å². The Morgan fingerprint density at radius 1 is 1.00 bits per heavy atom. The van der Waals surface area contributed by atoms with Gasteiger partial charge in [0.25, 0.3) is 0 Å². The van der Waals surface area contributed by atoms with Crippen molar-refractivity contribution in [2.75, 3.05) is 29.9 Å². The Kier molecular flexibility index (Phi) is 6.83. The monoisotopic (exact) mass is 471 g/mol. The van der Waals surface area contributed by atoms with Gasteiger partial charge < -0.3 is 20.2 Å². The summed E-state index contributed by atoms with van der Waals surface area (Å²) in [6, 6.07) is 5.20. The molecule has 4 fully saturated rings. The van der Waals surface area contributed by atoms with Gasteiger partial charge in [0.15, 0.2) is 0 Å². The van der Waals surface area contributed by atoms with E-state index in [2.05, 4.69) is 10.2 Å². The van der Waals surface area contributed by atoms with Crippen LogP contribution in [0.2, 0.25) is 0 Å². The number of halogens is 1. The molecular weight excluding hydrogens is 433 g/mol. The molecule has 6 nitrogen and oxygen atoms in total. The molecule has 2 saturated heterocycles. The van der Waals surface area contributed by atoms with Gasteiger partial charge in [-0.1, -0.05) is 19.3 Å². The van der Waals surface area contributed by atoms with Crippen LogP contribution < -0.4 is 10.2 Å². The molecule has 2 aliphatic carbocycles. The number of hydrogen-bond donors (Lipinski definition) is 2. The molecule has 0 unspecified atom stereocenters. The fourth-order valence-electron chi connectivity index (χ4n) is 6.73. The van der Waals surface area contributed by atoms with E-state index < -0.39 is 5.41 Å². The number of rotatable bonds is 4. The van der Waals surface area contributed by atoms with E-state index in [9.17, 15) is 14.7 Å². The van der Waals surface area contributed by atoms with Gasteiger partial charge in [0, 0.05) is 37.3 Å². The van der Waals surface area contributed by atoms with Crippen LogP contribution in [0.15, 0.2) is 18.2 Å². The molecule has 2 aliphatic heterocycles. The molecule has 5 rings (SSSR count). The van der Waals surface area contributed by atoms with Crippen molar-refractivity contribution in [1.82, 2.24) is 4.90 Å². The normalized spacial score (nSPS) is 30.7. The Balaban J connectivity index is 1.24. The molecule has 7 heteroatoms. The van der Waals surface area contributed by atoms with Gasteiger partial charge in [-0.2, -0.15) is 0 Å². The molecule has 186 valence electrons. The lowest BCUT2D eigenvalue weighted by Crippen LogP contribution is -2.50. The number of carbonyl (C=O) groups excluding carboxylic acids is 2. The number of anilines is 2. The van der Waals surface area contributed by atoms with Crippen LogP contribution in [0.25, 0.3) is 0 Å². The summed E-state index contributed by atoms with van der Waals surface area (Å²) in [7, 11) is 0. The molecule has 1 aromatic rings. The van der Waals surface area contributed by atoms with Crippen molar-refractivity contribution in [3.63, 3.8) is 0 Å². The summed E-state index contributed by atoms with van der Waals surface area (Å²) in [5, 5.41) is 12.7. The molecule has 0 aromatic heterocycles. The van der Waals surface area contributed by atoms with Gasteiger partial charge in [-0.3, -0.25) is 9.59 Å². The Labute approximate surface area is 201 Å². The zero-order valence-corrected chi connectivity index (χ0v) is 20.1. The minimum Gasteiger partial charge on any atom is -0.393 e. The third kappa shape index (κ3) is 4.68. The number of hydrogen-bond acceptors (Lipinski definition) is 4. The number of nitrogens with one attached hydrogen (secondary N) is 1. The van der Waals surface area contributed by atoms with Crippen molar-refractivity contribution in [3.8, 4) is 0 Å². The third-order valence-electron chi connectivity index (χ3n) is 8.76. The lowest BCUT2D eigenvalue weighted by molar-refractivity contribution is -0.139. The van der Waals surface area contributed by atoms with Crippen LogP contribution in [-0.2, 0) is 9.59 Å². The number of benzene rings is 1. The Bertz CT molecular complexity index is 910. The maximum absolute atomic E-state index is 15.2. The molecule has 2 N–H and O–H groups in total. The second-order valence-corrected chi connectivity index (χ2v) is 11.0. The average Bonchev–Trinajstić information content (AvgIpc) is 3.15. The highest BCUT2D eigenvalue weighted by atomic mass is 19.1. The molecule has 0 bridgehead atoms. The van der Waals surface area contributed by atoms with E-state index in [4.69, 9.17) is 0 Å². The predicted molar refractivity (Wildman–Crippen MR) is 130 cm³/mol. The Morgan fingerprint density at radius 2 is 1.76 bits per heavy atom. The van der Waals surface area contributed by atoms with Gasteiger partial charge in [-0.25, -0.2) is 4.39 Å². The highest BCUT2D eigenvalue weighted by Gasteiger charge is 2.50. The van der Waals surface area contributed by atoms with Gasteiger partial charge in [0.2, 0.25) is 11.8 Å². The van der Waals surface area contributed by atoms with E-state index >= 15 is 4.39 Å². The van der Waals surface area contributed by atoms with Gasteiger partial charge in [-0.05, 0) is 76.0 Å². The largest absolute Gasteiger partial charge is 0.393 e. The van der Waals surface area contributed by atoms with E-state index in [1.165, 1.54) is 12.5 Å². The standard InChI is InChI=1S/C27H38FN3O3/c28-23-17-20(29-25(33)19-5-2-1-3-6-19)7-12-24(23)30-15-4-13-27(18-30)14-16-31(26(27)34)21-8-10-22(32)11-9-21/h7,12,17,19,21-22,32H,1-6,8-11,13-16,18H2,(H,29,33)/t21?,22?,27-/m0/s1. The van der Waals surface area contributed by atoms with Crippen LogP contribution in [0.4, 0.5) is 15.8 Å². The minimum atomic E-state index is -0.436. The van der Waals surface area contributed by atoms with E-state index in [1.54, 1.807) is 12.1 Å². The number of aliphatic hydroxyl groups excluding tert-OH is 1. The number of amides is 2.